The van der Waals surface area contributed by atoms with E-state index in [1.165, 1.54) is 4.90 Å². The number of rotatable bonds is 12. The van der Waals surface area contributed by atoms with E-state index in [-0.39, 0.29) is 24.9 Å². The van der Waals surface area contributed by atoms with Crippen molar-refractivity contribution in [2.75, 3.05) is 17.1 Å². The van der Waals surface area contributed by atoms with Gasteiger partial charge in [-0.2, -0.15) is 0 Å². The van der Waals surface area contributed by atoms with E-state index in [1.54, 1.807) is 18.2 Å². The summed E-state index contributed by atoms with van der Waals surface area (Å²) < 4.78 is 27.6. The number of hydrogen-bond acceptors (Lipinski definition) is 4. The van der Waals surface area contributed by atoms with E-state index in [2.05, 4.69) is 21.2 Å². The zero-order chi connectivity index (χ0) is 28.6. The number of nitrogens with zero attached hydrogens (tertiary/aromatic N) is 2. The van der Waals surface area contributed by atoms with Crippen LogP contribution in [0.4, 0.5) is 5.69 Å². The number of amides is 2. The van der Waals surface area contributed by atoms with Crippen molar-refractivity contribution in [3.05, 3.63) is 100 Å². The van der Waals surface area contributed by atoms with Gasteiger partial charge in [0.25, 0.3) is 0 Å². The van der Waals surface area contributed by atoms with E-state index in [1.807, 2.05) is 81.4 Å². The lowest BCUT2D eigenvalue weighted by molar-refractivity contribution is -0.140. The van der Waals surface area contributed by atoms with Gasteiger partial charge in [-0.25, -0.2) is 8.42 Å². The minimum Gasteiger partial charge on any atom is -0.352 e. The Kier molecular flexibility index (Phi) is 10.7. The van der Waals surface area contributed by atoms with Crippen LogP contribution in [0, 0.1) is 6.92 Å². The second kappa shape index (κ2) is 13.8. The SMILES string of the molecule is CC[C@H](C)NC(=O)[C@@H](Cc1ccccc1)N(Cc1cccc(Br)c1)C(=O)CN(c1cccc(C)c1)S(C)(=O)=O. The Morgan fingerprint density at radius 2 is 1.62 bits per heavy atom. The molecule has 0 aromatic heterocycles. The summed E-state index contributed by atoms with van der Waals surface area (Å²) in [5.41, 5.74) is 2.98. The maximum atomic E-state index is 14.1. The summed E-state index contributed by atoms with van der Waals surface area (Å²) in [5, 5.41) is 3.03. The number of sulfonamides is 1. The second-order valence-electron chi connectivity index (χ2n) is 9.78. The third-order valence-corrected chi connectivity index (χ3v) is 8.12. The van der Waals surface area contributed by atoms with Crippen LogP contribution < -0.4 is 9.62 Å². The first-order valence-electron chi connectivity index (χ1n) is 12.9. The summed E-state index contributed by atoms with van der Waals surface area (Å²) in [6.07, 6.45) is 2.10. The molecule has 2 atom stereocenters. The van der Waals surface area contributed by atoms with Gasteiger partial charge in [-0.1, -0.05) is 77.5 Å². The van der Waals surface area contributed by atoms with Gasteiger partial charge in [0, 0.05) is 23.5 Å². The molecule has 2 amide bonds. The summed E-state index contributed by atoms with van der Waals surface area (Å²) in [5.74, 6) is -0.750. The van der Waals surface area contributed by atoms with E-state index in [0.717, 1.165) is 38.1 Å². The molecule has 0 fully saturated rings. The van der Waals surface area contributed by atoms with Gasteiger partial charge in [0.2, 0.25) is 21.8 Å². The maximum Gasteiger partial charge on any atom is 0.244 e. The molecule has 0 saturated heterocycles. The first-order chi connectivity index (χ1) is 18.5. The zero-order valence-corrected chi connectivity index (χ0v) is 25.2. The summed E-state index contributed by atoms with van der Waals surface area (Å²) in [6.45, 7) is 5.46. The summed E-state index contributed by atoms with van der Waals surface area (Å²) in [7, 11) is -3.79. The van der Waals surface area contributed by atoms with Crippen molar-refractivity contribution >= 4 is 43.5 Å². The van der Waals surface area contributed by atoms with Gasteiger partial charge in [0.05, 0.1) is 11.9 Å². The lowest BCUT2D eigenvalue weighted by Gasteiger charge is -2.34. The van der Waals surface area contributed by atoms with Crippen LogP contribution in [-0.4, -0.2) is 50.0 Å². The summed E-state index contributed by atoms with van der Waals surface area (Å²) in [6, 6.07) is 23.1. The Bertz CT molecular complexity index is 1380. The fraction of sp³-hybridized carbons (Fsp3) is 0.333. The smallest absolute Gasteiger partial charge is 0.244 e. The highest BCUT2D eigenvalue weighted by molar-refractivity contribution is 9.10. The average Bonchev–Trinajstić information content (AvgIpc) is 2.89. The first-order valence-corrected chi connectivity index (χ1v) is 15.5. The third kappa shape index (κ3) is 8.93. The van der Waals surface area contributed by atoms with E-state index < -0.39 is 28.5 Å². The molecule has 9 heteroatoms. The first kappa shape index (κ1) is 30.4. The van der Waals surface area contributed by atoms with E-state index >= 15 is 0 Å². The van der Waals surface area contributed by atoms with Gasteiger partial charge in [-0.3, -0.25) is 13.9 Å². The van der Waals surface area contributed by atoms with Crippen LogP contribution in [0.3, 0.4) is 0 Å². The van der Waals surface area contributed by atoms with Gasteiger partial charge in [-0.15, -0.1) is 0 Å². The average molecular weight is 615 g/mol. The monoisotopic (exact) mass is 613 g/mol. The van der Waals surface area contributed by atoms with Crippen molar-refractivity contribution in [2.24, 2.45) is 0 Å². The van der Waals surface area contributed by atoms with Gasteiger partial charge in [0.15, 0.2) is 0 Å². The normalized spacial score (nSPS) is 12.8. The van der Waals surface area contributed by atoms with Gasteiger partial charge in [-0.05, 0) is 61.2 Å². The van der Waals surface area contributed by atoms with Crippen LogP contribution in [0.5, 0.6) is 0 Å². The van der Waals surface area contributed by atoms with Crippen molar-refractivity contribution in [3.63, 3.8) is 0 Å². The van der Waals surface area contributed by atoms with Gasteiger partial charge >= 0.3 is 0 Å². The molecule has 1 N–H and O–H groups in total. The predicted octanol–water partition coefficient (Wildman–Crippen LogP) is 5.08. The van der Waals surface area contributed by atoms with Crippen LogP contribution >= 0.6 is 15.9 Å². The molecule has 0 bridgehead atoms. The molecule has 0 aliphatic heterocycles. The molecule has 0 saturated carbocycles. The molecule has 0 radical (unpaired) electrons. The molecule has 0 heterocycles. The highest BCUT2D eigenvalue weighted by atomic mass is 79.9. The Balaban J connectivity index is 2.06. The Labute approximate surface area is 240 Å². The number of halogens is 1. The number of carbonyl (C=O) groups is 2. The van der Waals surface area contributed by atoms with E-state index in [9.17, 15) is 18.0 Å². The van der Waals surface area contributed by atoms with Crippen molar-refractivity contribution < 1.29 is 18.0 Å². The minimum absolute atomic E-state index is 0.0848. The van der Waals surface area contributed by atoms with Crippen LogP contribution in [0.2, 0.25) is 0 Å². The van der Waals surface area contributed by atoms with Crippen LogP contribution in [0.15, 0.2) is 83.3 Å². The zero-order valence-electron chi connectivity index (χ0n) is 22.8. The molecular weight excluding hydrogens is 578 g/mol. The number of nitrogens with one attached hydrogen (secondary N) is 1. The van der Waals surface area contributed by atoms with Crippen LogP contribution in [0.25, 0.3) is 0 Å². The lowest BCUT2D eigenvalue weighted by Crippen LogP contribution is -2.54. The molecule has 0 aliphatic rings. The molecule has 0 unspecified atom stereocenters. The lowest BCUT2D eigenvalue weighted by atomic mass is 10.0. The molecule has 7 nitrogen and oxygen atoms in total. The van der Waals surface area contributed by atoms with E-state index in [4.69, 9.17) is 0 Å². The van der Waals surface area contributed by atoms with Gasteiger partial charge < -0.3 is 10.2 Å². The van der Waals surface area contributed by atoms with Crippen LogP contribution in [0.1, 0.15) is 37.0 Å². The Morgan fingerprint density at radius 1 is 0.949 bits per heavy atom. The highest BCUT2D eigenvalue weighted by Crippen LogP contribution is 2.22. The molecule has 208 valence electrons. The van der Waals surface area contributed by atoms with Crippen molar-refractivity contribution in [3.8, 4) is 0 Å². The third-order valence-electron chi connectivity index (χ3n) is 6.48. The summed E-state index contributed by atoms with van der Waals surface area (Å²) >= 11 is 3.48. The minimum atomic E-state index is -3.79. The maximum absolute atomic E-state index is 14.1. The molecule has 3 aromatic rings. The molecule has 0 aliphatic carbocycles. The topological polar surface area (TPSA) is 86.8 Å². The number of carbonyl (C=O) groups excluding carboxylic acids is 2. The number of aryl methyl sites for hydroxylation is 1. The van der Waals surface area contributed by atoms with Crippen LogP contribution in [-0.2, 0) is 32.6 Å². The molecule has 3 aromatic carbocycles. The quantitative estimate of drug-likeness (QED) is 0.309. The predicted molar refractivity (Wildman–Crippen MR) is 160 cm³/mol. The highest BCUT2D eigenvalue weighted by Gasteiger charge is 2.33. The molecule has 0 spiro atoms. The molecule has 39 heavy (non-hydrogen) atoms. The summed E-state index contributed by atoms with van der Waals surface area (Å²) in [4.78, 5) is 29.2. The fourth-order valence-electron chi connectivity index (χ4n) is 4.22. The van der Waals surface area contributed by atoms with Crippen molar-refractivity contribution in [1.82, 2.24) is 10.2 Å². The number of benzene rings is 3. The molecule has 3 rings (SSSR count). The van der Waals surface area contributed by atoms with E-state index in [0.29, 0.717) is 5.69 Å². The largest absolute Gasteiger partial charge is 0.352 e. The Morgan fingerprint density at radius 3 is 2.23 bits per heavy atom. The molecular formula is C30H36BrN3O4S. The fourth-order valence-corrected chi connectivity index (χ4v) is 5.51. The Hall–Kier alpha value is -3.17. The number of hydrogen-bond donors (Lipinski definition) is 1. The number of anilines is 1. The second-order valence-corrected chi connectivity index (χ2v) is 12.6. The van der Waals surface area contributed by atoms with Crippen molar-refractivity contribution in [2.45, 2.75) is 52.2 Å². The standard InChI is InChI=1S/C30H36BrN3O4S/c1-5-23(3)32-30(36)28(19-24-12-7-6-8-13-24)33(20-25-14-10-15-26(31)18-25)29(35)21-34(39(4,37)38)27-16-9-11-22(2)17-27/h6-18,23,28H,5,19-21H2,1-4H3,(H,32,36)/t23-,28+/m0/s1. The van der Waals surface area contributed by atoms with Gasteiger partial charge in [0.1, 0.15) is 12.6 Å². The van der Waals surface area contributed by atoms with Crippen molar-refractivity contribution in [1.29, 1.82) is 0 Å².